The number of aryl methyl sites for hydroxylation is 1. The fourth-order valence-electron chi connectivity index (χ4n) is 1.63. The summed E-state index contributed by atoms with van der Waals surface area (Å²) < 4.78 is 13.1. The van der Waals surface area contributed by atoms with Gasteiger partial charge in [-0.3, -0.25) is 0 Å². The minimum absolute atomic E-state index is 0.140. The molecule has 0 aliphatic rings. The van der Waals surface area contributed by atoms with Crippen molar-refractivity contribution in [2.45, 2.75) is 32.7 Å². The summed E-state index contributed by atoms with van der Waals surface area (Å²) in [6.45, 7) is 6.02. The van der Waals surface area contributed by atoms with E-state index in [0.29, 0.717) is 12.0 Å². The molecule has 0 atom stereocenters. The maximum atomic E-state index is 13.1. The van der Waals surface area contributed by atoms with Crippen LogP contribution < -0.4 is 4.90 Å². The number of benzene rings is 1. The van der Waals surface area contributed by atoms with Crippen molar-refractivity contribution in [3.8, 4) is 0 Å². The van der Waals surface area contributed by atoms with Crippen LogP contribution in [0.2, 0.25) is 0 Å². The Morgan fingerprint density at radius 3 is 2.50 bits per heavy atom. The van der Waals surface area contributed by atoms with Crippen LogP contribution in [0.25, 0.3) is 0 Å². The summed E-state index contributed by atoms with van der Waals surface area (Å²) in [5, 5.41) is 9.01. The van der Waals surface area contributed by atoms with E-state index >= 15 is 0 Å². The van der Waals surface area contributed by atoms with E-state index < -0.39 is 0 Å². The van der Waals surface area contributed by atoms with Crippen LogP contribution in [-0.2, 0) is 0 Å². The lowest BCUT2D eigenvalue weighted by Crippen LogP contribution is -2.42. The molecule has 0 radical (unpaired) electrons. The van der Waals surface area contributed by atoms with Gasteiger partial charge in [0.25, 0.3) is 0 Å². The van der Waals surface area contributed by atoms with Crippen molar-refractivity contribution in [1.29, 1.82) is 0 Å². The highest BCUT2D eigenvalue weighted by molar-refractivity contribution is 5.50. The molecule has 0 saturated carbocycles. The molecule has 0 fully saturated rings. The summed E-state index contributed by atoms with van der Waals surface area (Å²) in [4.78, 5) is 2.07. The molecule has 1 aromatic carbocycles. The average molecular weight is 225 g/mol. The molecule has 0 spiro atoms. The number of hydrogen-bond acceptors (Lipinski definition) is 2. The van der Waals surface area contributed by atoms with Gasteiger partial charge in [-0.05, 0) is 51.0 Å². The summed E-state index contributed by atoms with van der Waals surface area (Å²) in [5.41, 5.74) is 1.47. The predicted octanol–water partition coefficient (Wildman–Crippen LogP) is 2.73. The Morgan fingerprint density at radius 2 is 2.00 bits per heavy atom. The average Bonchev–Trinajstić information content (AvgIpc) is 2.21. The summed E-state index contributed by atoms with van der Waals surface area (Å²) in [7, 11) is 1.96. The van der Waals surface area contributed by atoms with Gasteiger partial charge in [0.15, 0.2) is 0 Å². The van der Waals surface area contributed by atoms with Crippen LogP contribution in [-0.4, -0.2) is 24.3 Å². The molecule has 16 heavy (non-hydrogen) atoms. The highest BCUT2D eigenvalue weighted by atomic mass is 19.1. The first-order valence-electron chi connectivity index (χ1n) is 5.49. The number of halogens is 1. The normalized spacial score (nSPS) is 11.6. The molecule has 1 aromatic rings. The molecule has 1 N–H and O–H groups in total. The van der Waals surface area contributed by atoms with E-state index in [1.165, 1.54) is 6.07 Å². The van der Waals surface area contributed by atoms with Crippen LogP contribution in [0.3, 0.4) is 0 Å². The van der Waals surface area contributed by atoms with Crippen LogP contribution in [0.4, 0.5) is 10.1 Å². The third kappa shape index (κ3) is 2.73. The van der Waals surface area contributed by atoms with Gasteiger partial charge in [0.05, 0.1) is 0 Å². The Balaban J connectivity index is 2.95. The van der Waals surface area contributed by atoms with Crippen molar-refractivity contribution < 1.29 is 9.50 Å². The second-order valence-corrected chi connectivity index (χ2v) is 4.78. The third-order valence-electron chi connectivity index (χ3n) is 3.16. The Bertz CT molecular complexity index is 363. The summed E-state index contributed by atoms with van der Waals surface area (Å²) in [5.74, 6) is -0.183. The molecule has 0 aliphatic carbocycles. The monoisotopic (exact) mass is 225 g/mol. The Kier molecular flexibility index (Phi) is 3.92. The standard InChI is InChI=1S/C13H20FNO/c1-10-9-11(5-6-12(10)14)15(4)13(2,3)7-8-16/h5-6,9,16H,7-8H2,1-4H3. The van der Waals surface area contributed by atoms with Crippen LogP contribution in [0.1, 0.15) is 25.8 Å². The zero-order valence-corrected chi connectivity index (χ0v) is 10.4. The fraction of sp³-hybridized carbons (Fsp3) is 0.538. The minimum atomic E-state index is -0.183. The van der Waals surface area contributed by atoms with Crippen LogP contribution in [0.5, 0.6) is 0 Å². The fourth-order valence-corrected chi connectivity index (χ4v) is 1.63. The smallest absolute Gasteiger partial charge is 0.126 e. The largest absolute Gasteiger partial charge is 0.396 e. The molecule has 90 valence electrons. The number of nitrogens with zero attached hydrogens (tertiary/aromatic N) is 1. The van der Waals surface area contributed by atoms with Crippen molar-refractivity contribution in [3.63, 3.8) is 0 Å². The van der Waals surface area contributed by atoms with Gasteiger partial charge in [0.2, 0.25) is 0 Å². The first-order valence-corrected chi connectivity index (χ1v) is 5.49. The zero-order chi connectivity index (χ0) is 12.3. The summed E-state index contributed by atoms with van der Waals surface area (Å²) in [6.07, 6.45) is 0.680. The summed E-state index contributed by atoms with van der Waals surface area (Å²) in [6, 6.07) is 5.08. The van der Waals surface area contributed by atoms with Crippen molar-refractivity contribution in [1.82, 2.24) is 0 Å². The predicted molar refractivity (Wildman–Crippen MR) is 65.3 cm³/mol. The van der Waals surface area contributed by atoms with Gasteiger partial charge in [-0.2, -0.15) is 0 Å². The molecule has 0 saturated heterocycles. The van der Waals surface area contributed by atoms with E-state index in [9.17, 15) is 4.39 Å². The minimum Gasteiger partial charge on any atom is -0.396 e. The molecule has 0 heterocycles. The second-order valence-electron chi connectivity index (χ2n) is 4.78. The van der Waals surface area contributed by atoms with Crippen molar-refractivity contribution in [2.24, 2.45) is 0 Å². The molecule has 0 bridgehead atoms. The molecule has 0 amide bonds. The van der Waals surface area contributed by atoms with Gasteiger partial charge in [0, 0.05) is 24.9 Å². The van der Waals surface area contributed by atoms with Crippen LogP contribution in [0, 0.1) is 12.7 Å². The SMILES string of the molecule is Cc1cc(N(C)C(C)(C)CCO)ccc1F. The highest BCUT2D eigenvalue weighted by Gasteiger charge is 2.23. The molecular formula is C13H20FNO. The quantitative estimate of drug-likeness (QED) is 0.851. The molecule has 2 nitrogen and oxygen atoms in total. The van der Waals surface area contributed by atoms with E-state index in [1.54, 1.807) is 13.0 Å². The Hall–Kier alpha value is -1.09. The van der Waals surface area contributed by atoms with Gasteiger partial charge < -0.3 is 10.0 Å². The van der Waals surface area contributed by atoms with E-state index in [1.807, 2.05) is 13.1 Å². The lowest BCUT2D eigenvalue weighted by atomic mass is 9.98. The Morgan fingerprint density at radius 1 is 1.38 bits per heavy atom. The third-order valence-corrected chi connectivity index (χ3v) is 3.16. The highest BCUT2D eigenvalue weighted by Crippen LogP contribution is 2.26. The maximum Gasteiger partial charge on any atom is 0.126 e. The van der Waals surface area contributed by atoms with Crippen LogP contribution >= 0.6 is 0 Å². The number of rotatable bonds is 4. The van der Waals surface area contributed by atoms with Crippen molar-refractivity contribution >= 4 is 5.69 Å². The van der Waals surface area contributed by atoms with Gasteiger partial charge in [0.1, 0.15) is 5.82 Å². The topological polar surface area (TPSA) is 23.5 Å². The Labute approximate surface area is 96.7 Å². The van der Waals surface area contributed by atoms with Crippen molar-refractivity contribution in [3.05, 3.63) is 29.6 Å². The first-order chi connectivity index (χ1) is 7.38. The van der Waals surface area contributed by atoms with Gasteiger partial charge in [-0.15, -0.1) is 0 Å². The van der Waals surface area contributed by atoms with Gasteiger partial charge in [-0.1, -0.05) is 0 Å². The van der Waals surface area contributed by atoms with Crippen LogP contribution in [0.15, 0.2) is 18.2 Å². The van der Waals surface area contributed by atoms with E-state index in [2.05, 4.69) is 18.7 Å². The van der Waals surface area contributed by atoms with E-state index in [-0.39, 0.29) is 18.0 Å². The number of anilines is 1. The lowest BCUT2D eigenvalue weighted by molar-refractivity contribution is 0.250. The molecule has 0 unspecified atom stereocenters. The number of hydrogen-bond donors (Lipinski definition) is 1. The summed E-state index contributed by atoms with van der Waals surface area (Å²) >= 11 is 0. The maximum absolute atomic E-state index is 13.1. The first kappa shape index (κ1) is 13.0. The molecule has 0 aromatic heterocycles. The number of aliphatic hydroxyl groups is 1. The van der Waals surface area contributed by atoms with Gasteiger partial charge >= 0.3 is 0 Å². The molecule has 0 aliphatic heterocycles. The second kappa shape index (κ2) is 4.83. The molecule has 3 heteroatoms. The van der Waals surface area contributed by atoms with E-state index in [0.717, 1.165) is 5.69 Å². The molecular weight excluding hydrogens is 205 g/mol. The molecule has 1 rings (SSSR count). The van der Waals surface area contributed by atoms with E-state index in [4.69, 9.17) is 5.11 Å². The van der Waals surface area contributed by atoms with Crippen molar-refractivity contribution in [2.75, 3.05) is 18.6 Å². The number of aliphatic hydroxyl groups excluding tert-OH is 1. The van der Waals surface area contributed by atoms with Gasteiger partial charge in [-0.25, -0.2) is 4.39 Å². The lowest BCUT2D eigenvalue weighted by Gasteiger charge is -2.37. The zero-order valence-electron chi connectivity index (χ0n) is 10.4.